The second-order valence-corrected chi connectivity index (χ2v) is 4.48. The third kappa shape index (κ3) is 2.22. The van der Waals surface area contributed by atoms with E-state index in [0.29, 0.717) is 0 Å². The van der Waals surface area contributed by atoms with Crippen LogP contribution in [0, 0.1) is 0 Å². The quantitative estimate of drug-likeness (QED) is 0.665. The number of halogens is 1. The molecule has 2 atom stereocenters. The zero-order chi connectivity index (χ0) is 7.61. The minimum Gasteiger partial charge on any atom is -0.376 e. The first kappa shape index (κ1) is 8.50. The van der Waals surface area contributed by atoms with E-state index in [1.54, 1.807) is 6.92 Å². The molecule has 1 fully saturated rings. The summed E-state index contributed by atoms with van der Waals surface area (Å²) >= 11 is 3.17. The van der Waals surface area contributed by atoms with Gasteiger partial charge in [-0.2, -0.15) is 0 Å². The van der Waals surface area contributed by atoms with Gasteiger partial charge in [-0.1, -0.05) is 15.9 Å². The molecule has 3 heteroatoms. The molecule has 0 aromatic rings. The third-order valence-electron chi connectivity index (χ3n) is 1.77. The van der Waals surface area contributed by atoms with E-state index in [0.717, 1.165) is 25.9 Å². The Morgan fingerprint density at radius 2 is 2.30 bits per heavy atom. The molecule has 0 saturated carbocycles. The first-order valence-electron chi connectivity index (χ1n) is 3.63. The van der Waals surface area contributed by atoms with Crippen LogP contribution >= 0.6 is 15.9 Å². The number of ether oxygens (including phenoxy) is 1. The lowest BCUT2D eigenvalue weighted by molar-refractivity contribution is -0.0676. The molecule has 0 amide bonds. The molecule has 1 heterocycles. The van der Waals surface area contributed by atoms with Crippen molar-refractivity contribution in [2.75, 3.05) is 6.61 Å². The van der Waals surface area contributed by atoms with Gasteiger partial charge in [0, 0.05) is 6.61 Å². The minimum atomic E-state index is -0.840. The van der Waals surface area contributed by atoms with Gasteiger partial charge in [0.05, 0.1) is 6.10 Å². The molecule has 2 unspecified atom stereocenters. The van der Waals surface area contributed by atoms with Crippen LogP contribution in [0.25, 0.3) is 0 Å². The predicted molar refractivity (Wildman–Crippen MR) is 43.1 cm³/mol. The standard InChI is InChI=1S/C7H13BrO2/c1-7(8,9)6-4-2-3-5-10-6/h6,9H,2-5H2,1H3. The van der Waals surface area contributed by atoms with Gasteiger partial charge in [-0.15, -0.1) is 0 Å². The number of rotatable bonds is 1. The largest absolute Gasteiger partial charge is 0.376 e. The zero-order valence-electron chi connectivity index (χ0n) is 6.14. The van der Waals surface area contributed by atoms with Crippen LogP contribution < -0.4 is 0 Å². The lowest BCUT2D eigenvalue weighted by Gasteiger charge is -2.30. The Bertz CT molecular complexity index is 103. The van der Waals surface area contributed by atoms with Crippen LogP contribution in [0.2, 0.25) is 0 Å². The number of alkyl halides is 1. The molecule has 2 nitrogen and oxygen atoms in total. The molecule has 1 rings (SSSR count). The Morgan fingerprint density at radius 1 is 1.60 bits per heavy atom. The molecule has 60 valence electrons. The first-order chi connectivity index (χ1) is 4.61. The Balaban J connectivity index is 2.39. The normalized spacial score (nSPS) is 33.3. The molecule has 1 saturated heterocycles. The molecule has 10 heavy (non-hydrogen) atoms. The van der Waals surface area contributed by atoms with Gasteiger partial charge in [0.2, 0.25) is 0 Å². The van der Waals surface area contributed by atoms with E-state index < -0.39 is 4.51 Å². The Morgan fingerprint density at radius 3 is 2.60 bits per heavy atom. The maximum absolute atomic E-state index is 9.43. The highest BCUT2D eigenvalue weighted by Crippen LogP contribution is 2.27. The van der Waals surface area contributed by atoms with Crippen LogP contribution in [0.1, 0.15) is 26.2 Å². The highest BCUT2D eigenvalue weighted by atomic mass is 79.9. The van der Waals surface area contributed by atoms with Crippen LogP contribution in [-0.2, 0) is 4.74 Å². The van der Waals surface area contributed by atoms with E-state index in [-0.39, 0.29) is 6.10 Å². The summed E-state index contributed by atoms with van der Waals surface area (Å²) in [5, 5.41) is 9.43. The molecular weight excluding hydrogens is 196 g/mol. The molecule has 1 N–H and O–H groups in total. The van der Waals surface area contributed by atoms with Gasteiger partial charge >= 0.3 is 0 Å². The highest BCUT2D eigenvalue weighted by Gasteiger charge is 2.30. The van der Waals surface area contributed by atoms with Gasteiger partial charge in [0.25, 0.3) is 0 Å². The molecule has 0 aromatic carbocycles. The Hall–Kier alpha value is 0.400. The summed E-state index contributed by atoms with van der Waals surface area (Å²) in [6.07, 6.45) is 3.21. The molecule has 0 spiro atoms. The molecule has 0 bridgehead atoms. The van der Waals surface area contributed by atoms with Gasteiger partial charge in [-0.3, -0.25) is 0 Å². The van der Waals surface area contributed by atoms with Crippen LogP contribution in [0.5, 0.6) is 0 Å². The molecule has 0 radical (unpaired) electrons. The van der Waals surface area contributed by atoms with Crippen molar-refractivity contribution in [3.63, 3.8) is 0 Å². The minimum absolute atomic E-state index is 0.0266. The van der Waals surface area contributed by atoms with Crippen molar-refractivity contribution < 1.29 is 9.84 Å². The lowest BCUT2D eigenvalue weighted by Crippen LogP contribution is -2.37. The second kappa shape index (κ2) is 3.20. The average molecular weight is 209 g/mol. The molecule has 1 aliphatic heterocycles. The molecular formula is C7H13BrO2. The Labute approximate surface area is 69.7 Å². The van der Waals surface area contributed by atoms with Gasteiger partial charge in [-0.05, 0) is 26.2 Å². The van der Waals surface area contributed by atoms with E-state index in [9.17, 15) is 5.11 Å². The van der Waals surface area contributed by atoms with Crippen molar-refractivity contribution in [2.45, 2.75) is 36.8 Å². The van der Waals surface area contributed by atoms with E-state index in [2.05, 4.69) is 15.9 Å². The van der Waals surface area contributed by atoms with Crippen LogP contribution in [0.3, 0.4) is 0 Å². The summed E-state index contributed by atoms with van der Waals surface area (Å²) in [6, 6.07) is 0. The molecule has 0 aliphatic carbocycles. The van der Waals surface area contributed by atoms with Crippen molar-refractivity contribution in [1.29, 1.82) is 0 Å². The van der Waals surface area contributed by atoms with Crippen molar-refractivity contribution >= 4 is 15.9 Å². The summed E-state index contributed by atoms with van der Waals surface area (Å²) in [4.78, 5) is 0. The van der Waals surface area contributed by atoms with E-state index in [4.69, 9.17) is 4.74 Å². The second-order valence-electron chi connectivity index (χ2n) is 2.88. The lowest BCUT2D eigenvalue weighted by atomic mass is 10.1. The summed E-state index contributed by atoms with van der Waals surface area (Å²) in [5.74, 6) is 0. The van der Waals surface area contributed by atoms with E-state index in [1.165, 1.54) is 0 Å². The zero-order valence-corrected chi connectivity index (χ0v) is 7.73. The molecule has 1 aliphatic rings. The maximum atomic E-state index is 9.43. The van der Waals surface area contributed by atoms with Gasteiger partial charge in [0.15, 0.2) is 0 Å². The first-order valence-corrected chi connectivity index (χ1v) is 4.43. The van der Waals surface area contributed by atoms with Crippen molar-refractivity contribution in [1.82, 2.24) is 0 Å². The summed E-state index contributed by atoms with van der Waals surface area (Å²) < 4.78 is 4.51. The number of aliphatic hydroxyl groups is 1. The average Bonchev–Trinajstić information content (AvgIpc) is 1.88. The predicted octanol–water partition coefficient (Wildman–Crippen LogP) is 1.66. The van der Waals surface area contributed by atoms with Crippen LogP contribution in [-0.4, -0.2) is 22.3 Å². The third-order valence-corrected chi connectivity index (χ3v) is 2.28. The van der Waals surface area contributed by atoms with Crippen molar-refractivity contribution in [2.24, 2.45) is 0 Å². The number of hydrogen-bond acceptors (Lipinski definition) is 2. The fourth-order valence-electron chi connectivity index (χ4n) is 1.16. The fraction of sp³-hybridized carbons (Fsp3) is 1.00. The van der Waals surface area contributed by atoms with Crippen molar-refractivity contribution in [3.8, 4) is 0 Å². The molecule has 0 aromatic heterocycles. The Kier molecular flexibility index (Phi) is 2.72. The summed E-state index contributed by atoms with van der Waals surface area (Å²) in [6.45, 7) is 2.51. The van der Waals surface area contributed by atoms with Crippen molar-refractivity contribution in [3.05, 3.63) is 0 Å². The van der Waals surface area contributed by atoms with Gasteiger partial charge in [0.1, 0.15) is 4.51 Å². The smallest absolute Gasteiger partial charge is 0.142 e. The van der Waals surface area contributed by atoms with Gasteiger partial charge in [-0.25, -0.2) is 0 Å². The fourth-order valence-corrected chi connectivity index (χ4v) is 1.52. The summed E-state index contributed by atoms with van der Waals surface area (Å²) in [5.41, 5.74) is 0. The van der Waals surface area contributed by atoms with E-state index >= 15 is 0 Å². The summed E-state index contributed by atoms with van der Waals surface area (Å²) in [7, 11) is 0. The maximum Gasteiger partial charge on any atom is 0.142 e. The number of hydrogen-bond donors (Lipinski definition) is 1. The highest BCUT2D eigenvalue weighted by molar-refractivity contribution is 9.10. The monoisotopic (exact) mass is 208 g/mol. The topological polar surface area (TPSA) is 29.5 Å². The van der Waals surface area contributed by atoms with Crippen LogP contribution in [0.4, 0.5) is 0 Å². The van der Waals surface area contributed by atoms with Gasteiger partial charge < -0.3 is 9.84 Å². The van der Waals surface area contributed by atoms with Crippen LogP contribution in [0.15, 0.2) is 0 Å². The van der Waals surface area contributed by atoms with E-state index in [1.807, 2.05) is 0 Å². The SMILES string of the molecule is CC(O)(Br)C1CCCCO1.